The number of benzene rings is 1. The molecule has 0 amide bonds. The molecule has 0 aliphatic carbocycles. The van der Waals surface area contributed by atoms with Crippen molar-refractivity contribution in [2.75, 3.05) is 4.72 Å². The van der Waals surface area contributed by atoms with E-state index in [0.29, 0.717) is 16.3 Å². The molecule has 0 saturated carbocycles. The highest BCUT2D eigenvalue weighted by Gasteiger charge is 2.13. The van der Waals surface area contributed by atoms with Crippen molar-refractivity contribution in [1.82, 2.24) is 4.98 Å². The lowest BCUT2D eigenvalue weighted by Gasteiger charge is -2.06. The molecular weight excluding hydrogens is 302 g/mol. The van der Waals surface area contributed by atoms with E-state index in [2.05, 4.69) is 9.71 Å². The standard InChI is InChI=1S/C11H11N3O2S3/c12-10(17)9-3-1-8(2-4-9)7-19(15,16)14-11-13-5-6-18-11/h1-6H,7H2,(H2,12,17)(H,13,14). The third-order valence-corrected chi connectivity index (χ3v) is 4.54. The number of nitrogens with zero attached hydrogens (tertiary/aromatic N) is 1. The molecule has 0 unspecified atom stereocenters. The van der Waals surface area contributed by atoms with E-state index in [9.17, 15) is 8.42 Å². The van der Waals surface area contributed by atoms with Gasteiger partial charge in [-0.1, -0.05) is 36.5 Å². The summed E-state index contributed by atoms with van der Waals surface area (Å²) in [7, 11) is -3.46. The Hall–Kier alpha value is -1.51. The lowest BCUT2D eigenvalue weighted by molar-refractivity contribution is 0.600. The molecule has 0 aliphatic rings. The number of rotatable bonds is 5. The van der Waals surface area contributed by atoms with Gasteiger partial charge in [-0.25, -0.2) is 13.4 Å². The summed E-state index contributed by atoms with van der Waals surface area (Å²) < 4.78 is 26.2. The number of sulfonamides is 1. The minimum atomic E-state index is -3.46. The molecule has 8 heteroatoms. The van der Waals surface area contributed by atoms with Crippen LogP contribution in [0, 0.1) is 0 Å². The van der Waals surface area contributed by atoms with Gasteiger partial charge in [0.05, 0.1) is 5.75 Å². The van der Waals surface area contributed by atoms with Crippen molar-refractivity contribution in [1.29, 1.82) is 0 Å². The van der Waals surface area contributed by atoms with Crippen LogP contribution in [0.2, 0.25) is 0 Å². The van der Waals surface area contributed by atoms with Crippen molar-refractivity contribution < 1.29 is 8.42 Å². The summed E-state index contributed by atoms with van der Waals surface area (Å²) in [5, 5.41) is 2.06. The number of hydrogen-bond acceptors (Lipinski definition) is 5. The fraction of sp³-hybridized carbons (Fsp3) is 0.0909. The van der Waals surface area contributed by atoms with Gasteiger partial charge in [-0.2, -0.15) is 0 Å². The summed E-state index contributed by atoms with van der Waals surface area (Å²) in [5.41, 5.74) is 6.84. The number of hydrogen-bond donors (Lipinski definition) is 2. The van der Waals surface area contributed by atoms with Crippen molar-refractivity contribution in [3.63, 3.8) is 0 Å². The Morgan fingerprint density at radius 2 is 2.05 bits per heavy atom. The molecule has 2 rings (SSSR count). The van der Waals surface area contributed by atoms with Gasteiger partial charge in [0, 0.05) is 17.1 Å². The van der Waals surface area contributed by atoms with Crippen molar-refractivity contribution in [2.45, 2.75) is 5.75 Å². The number of aromatic nitrogens is 1. The molecule has 19 heavy (non-hydrogen) atoms. The number of nitrogens with one attached hydrogen (secondary N) is 1. The van der Waals surface area contributed by atoms with E-state index >= 15 is 0 Å². The molecule has 5 nitrogen and oxygen atoms in total. The van der Waals surface area contributed by atoms with E-state index in [1.807, 2.05) is 0 Å². The SMILES string of the molecule is NC(=S)c1ccc(CS(=O)(=O)Nc2nccs2)cc1. The molecule has 1 aromatic carbocycles. The summed E-state index contributed by atoms with van der Waals surface area (Å²) >= 11 is 6.06. The van der Waals surface area contributed by atoms with E-state index in [1.54, 1.807) is 35.8 Å². The number of anilines is 1. The summed E-state index contributed by atoms with van der Waals surface area (Å²) in [6, 6.07) is 6.79. The molecule has 0 fully saturated rings. The Kier molecular flexibility index (Phi) is 4.13. The highest BCUT2D eigenvalue weighted by molar-refractivity contribution is 7.92. The Morgan fingerprint density at radius 3 is 2.58 bits per heavy atom. The second-order valence-corrected chi connectivity index (χ2v) is 6.82. The zero-order valence-corrected chi connectivity index (χ0v) is 12.2. The van der Waals surface area contributed by atoms with Crippen LogP contribution in [0.1, 0.15) is 11.1 Å². The second-order valence-electron chi connectivity index (χ2n) is 3.76. The molecule has 0 radical (unpaired) electrons. The van der Waals surface area contributed by atoms with E-state index < -0.39 is 10.0 Å². The zero-order chi connectivity index (χ0) is 13.9. The molecular formula is C11H11N3O2S3. The van der Waals surface area contributed by atoms with Crippen LogP contribution in [0.15, 0.2) is 35.8 Å². The van der Waals surface area contributed by atoms with Gasteiger partial charge < -0.3 is 5.73 Å². The van der Waals surface area contributed by atoms with Gasteiger partial charge >= 0.3 is 0 Å². The van der Waals surface area contributed by atoms with Crippen LogP contribution < -0.4 is 10.5 Å². The minimum Gasteiger partial charge on any atom is -0.389 e. The average Bonchev–Trinajstić information content (AvgIpc) is 2.81. The fourth-order valence-corrected chi connectivity index (χ4v) is 3.53. The molecule has 0 bridgehead atoms. The number of thiazole rings is 1. The minimum absolute atomic E-state index is 0.121. The molecule has 1 aromatic heterocycles. The third-order valence-electron chi connectivity index (χ3n) is 2.27. The fourth-order valence-electron chi connectivity index (χ4n) is 1.43. The predicted octanol–water partition coefficient (Wildman–Crippen LogP) is 1.72. The third kappa shape index (κ3) is 3.98. The predicted molar refractivity (Wildman–Crippen MR) is 80.7 cm³/mol. The maximum absolute atomic E-state index is 11.9. The molecule has 0 aliphatic heterocycles. The van der Waals surface area contributed by atoms with Gasteiger partial charge in [0.2, 0.25) is 10.0 Å². The van der Waals surface area contributed by atoms with Gasteiger partial charge in [0.25, 0.3) is 0 Å². The monoisotopic (exact) mass is 313 g/mol. The lowest BCUT2D eigenvalue weighted by Crippen LogP contribution is -2.15. The Labute approximate surface area is 120 Å². The lowest BCUT2D eigenvalue weighted by atomic mass is 10.1. The van der Waals surface area contributed by atoms with E-state index in [0.717, 1.165) is 0 Å². The summed E-state index contributed by atoms with van der Waals surface area (Å²) in [5.74, 6) is -0.121. The smallest absolute Gasteiger partial charge is 0.238 e. The second kappa shape index (κ2) is 5.64. The molecule has 0 spiro atoms. The summed E-state index contributed by atoms with van der Waals surface area (Å²) in [6.07, 6.45) is 1.54. The summed E-state index contributed by atoms with van der Waals surface area (Å²) in [6.45, 7) is 0. The molecule has 0 saturated heterocycles. The van der Waals surface area contributed by atoms with Crippen LogP contribution in [0.5, 0.6) is 0 Å². The highest BCUT2D eigenvalue weighted by atomic mass is 32.2. The van der Waals surface area contributed by atoms with Crippen LogP contribution in [0.3, 0.4) is 0 Å². The zero-order valence-electron chi connectivity index (χ0n) is 9.74. The normalized spacial score (nSPS) is 11.2. The maximum Gasteiger partial charge on any atom is 0.238 e. The molecule has 1 heterocycles. The topological polar surface area (TPSA) is 85.1 Å². The van der Waals surface area contributed by atoms with Crippen molar-refractivity contribution >= 4 is 43.7 Å². The maximum atomic E-state index is 11.9. The van der Waals surface area contributed by atoms with Crippen molar-refractivity contribution in [3.05, 3.63) is 47.0 Å². The van der Waals surface area contributed by atoms with Gasteiger partial charge in [-0.15, -0.1) is 11.3 Å². The largest absolute Gasteiger partial charge is 0.389 e. The molecule has 3 N–H and O–H groups in total. The Morgan fingerprint density at radius 1 is 1.37 bits per heavy atom. The molecule has 0 atom stereocenters. The van der Waals surface area contributed by atoms with Crippen LogP contribution in [-0.4, -0.2) is 18.4 Å². The van der Waals surface area contributed by atoms with E-state index in [-0.39, 0.29) is 10.7 Å². The van der Waals surface area contributed by atoms with Crippen LogP contribution in [0.25, 0.3) is 0 Å². The van der Waals surface area contributed by atoms with Gasteiger partial charge in [-0.05, 0) is 5.56 Å². The first kappa shape index (κ1) is 13.9. The first-order chi connectivity index (χ1) is 8.96. The quantitative estimate of drug-likeness (QED) is 0.821. The highest BCUT2D eigenvalue weighted by Crippen LogP contribution is 2.15. The van der Waals surface area contributed by atoms with Crippen LogP contribution >= 0.6 is 23.6 Å². The van der Waals surface area contributed by atoms with Gasteiger partial charge in [0.1, 0.15) is 4.99 Å². The average molecular weight is 313 g/mol. The van der Waals surface area contributed by atoms with E-state index in [4.69, 9.17) is 18.0 Å². The van der Waals surface area contributed by atoms with Crippen molar-refractivity contribution in [3.8, 4) is 0 Å². The number of thiocarbonyl (C=S) groups is 1. The van der Waals surface area contributed by atoms with Gasteiger partial charge in [-0.3, -0.25) is 4.72 Å². The Balaban J connectivity index is 2.09. The van der Waals surface area contributed by atoms with E-state index in [1.165, 1.54) is 11.3 Å². The first-order valence-corrected chi connectivity index (χ1v) is 8.19. The number of nitrogens with two attached hydrogens (primary N) is 1. The first-order valence-electron chi connectivity index (χ1n) is 5.25. The molecule has 100 valence electrons. The van der Waals surface area contributed by atoms with Gasteiger partial charge in [0.15, 0.2) is 5.13 Å². The van der Waals surface area contributed by atoms with Crippen LogP contribution in [0.4, 0.5) is 5.13 Å². The Bertz CT molecular complexity index is 664. The summed E-state index contributed by atoms with van der Waals surface area (Å²) in [4.78, 5) is 4.16. The molecule has 2 aromatic rings. The van der Waals surface area contributed by atoms with Crippen molar-refractivity contribution in [2.24, 2.45) is 5.73 Å². The van der Waals surface area contributed by atoms with Crippen LogP contribution in [-0.2, 0) is 15.8 Å².